The summed E-state index contributed by atoms with van der Waals surface area (Å²) in [6.45, 7) is 6.41. The summed E-state index contributed by atoms with van der Waals surface area (Å²) in [6, 6.07) is 0. The van der Waals surface area contributed by atoms with Crippen molar-refractivity contribution in [1.29, 1.82) is 0 Å². The number of rotatable bonds is 1. The van der Waals surface area contributed by atoms with Gasteiger partial charge in [-0.05, 0) is 0 Å². The Morgan fingerprint density at radius 3 is 2.36 bits per heavy atom. The first-order valence-corrected chi connectivity index (χ1v) is 7.02. The van der Waals surface area contributed by atoms with E-state index in [4.69, 9.17) is 0 Å². The van der Waals surface area contributed by atoms with Gasteiger partial charge in [0.2, 0.25) is 0 Å². The Hall–Kier alpha value is -0.753. The van der Waals surface area contributed by atoms with E-state index in [0.29, 0.717) is 0 Å². The smallest absolute Gasteiger partial charge is 0.317 e. The van der Waals surface area contributed by atoms with Crippen molar-refractivity contribution < 1.29 is 9.53 Å². The van der Waals surface area contributed by atoms with Crippen molar-refractivity contribution in [3.05, 3.63) is 0 Å². The van der Waals surface area contributed by atoms with E-state index in [2.05, 4.69) is 35.8 Å². The molecule has 0 bridgehead atoms. The second-order valence-electron chi connectivity index (χ2n) is 3.30. The Kier molecular flexibility index (Phi) is 3.91. The summed E-state index contributed by atoms with van der Waals surface area (Å²) < 4.78 is 4.44. The van der Waals surface area contributed by atoms with Crippen molar-refractivity contribution in [1.82, 2.24) is 0 Å². The summed E-state index contributed by atoms with van der Waals surface area (Å²) in [5.41, 5.74) is 3.08. The number of carbonyl (C=O) groups is 1. The van der Waals surface area contributed by atoms with Gasteiger partial charge in [0, 0.05) is 0 Å². The lowest BCUT2D eigenvalue weighted by Gasteiger charge is -2.02. The predicted molar refractivity (Wildman–Crippen MR) is 47.8 cm³/mol. The maximum absolute atomic E-state index is 10.6. The van der Waals surface area contributed by atoms with Gasteiger partial charge >= 0.3 is 5.97 Å². The predicted octanol–water partition coefficient (Wildman–Crippen LogP) is 1.43. The van der Waals surface area contributed by atoms with Crippen LogP contribution >= 0.6 is 0 Å². The van der Waals surface area contributed by atoms with Gasteiger partial charge in [-0.15, -0.1) is 5.54 Å². The lowest BCUT2D eigenvalue weighted by molar-refractivity contribution is -0.139. The third-order valence-corrected chi connectivity index (χ3v) is 1.85. The third-order valence-electron chi connectivity index (χ3n) is 0.924. The molecule has 3 heteroatoms. The number of hydrogen-bond acceptors (Lipinski definition) is 2. The monoisotopic (exact) mass is 170 g/mol. The quantitative estimate of drug-likeness (QED) is 0.338. The normalized spacial score (nSPS) is 9.82. The van der Waals surface area contributed by atoms with Crippen LogP contribution in [0.15, 0.2) is 0 Å². The van der Waals surface area contributed by atoms with Crippen molar-refractivity contribution in [2.24, 2.45) is 0 Å². The van der Waals surface area contributed by atoms with Gasteiger partial charge in [-0.3, -0.25) is 4.79 Å². The Balaban J connectivity index is 3.83. The minimum Gasteiger partial charge on any atom is -0.468 e. The molecule has 62 valence electrons. The first-order valence-electron chi connectivity index (χ1n) is 3.52. The zero-order valence-electron chi connectivity index (χ0n) is 7.52. The van der Waals surface area contributed by atoms with E-state index in [1.165, 1.54) is 7.11 Å². The summed E-state index contributed by atoms with van der Waals surface area (Å²) in [4.78, 5) is 10.6. The maximum Gasteiger partial charge on any atom is 0.317 e. The maximum atomic E-state index is 10.6. The Bertz CT molecular complexity index is 192. The van der Waals surface area contributed by atoms with Crippen molar-refractivity contribution >= 4 is 14.0 Å². The summed E-state index contributed by atoms with van der Waals surface area (Å²) >= 11 is 0. The molecule has 0 saturated carbocycles. The standard InChI is InChI=1S/C8H14O2Si/c1-10-8(9)6-5-7-11(2,3)4/h6H2,1-4H3. The average molecular weight is 170 g/mol. The van der Waals surface area contributed by atoms with Gasteiger partial charge in [-0.2, -0.15) is 0 Å². The second kappa shape index (κ2) is 4.19. The summed E-state index contributed by atoms with van der Waals surface area (Å²) in [6.07, 6.45) is 0.223. The summed E-state index contributed by atoms with van der Waals surface area (Å²) in [5, 5.41) is 0. The molecule has 0 aromatic heterocycles. The Morgan fingerprint density at radius 2 is 2.00 bits per heavy atom. The van der Waals surface area contributed by atoms with Crippen LogP contribution in [0.2, 0.25) is 19.6 Å². The molecular weight excluding hydrogens is 156 g/mol. The fraction of sp³-hybridized carbons (Fsp3) is 0.625. The van der Waals surface area contributed by atoms with Gasteiger partial charge in [0.05, 0.1) is 7.11 Å². The minimum absolute atomic E-state index is 0.223. The van der Waals surface area contributed by atoms with Crippen LogP contribution in [0.25, 0.3) is 0 Å². The van der Waals surface area contributed by atoms with Gasteiger partial charge in [0.25, 0.3) is 0 Å². The zero-order valence-corrected chi connectivity index (χ0v) is 8.52. The van der Waals surface area contributed by atoms with E-state index in [-0.39, 0.29) is 12.4 Å². The molecule has 0 N–H and O–H groups in total. The van der Waals surface area contributed by atoms with Gasteiger partial charge in [0.15, 0.2) is 0 Å². The molecule has 0 unspecified atom stereocenters. The molecule has 0 aromatic carbocycles. The molecule has 0 aliphatic rings. The highest BCUT2D eigenvalue weighted by Crippen LogP contribution is 1.96. The summed E-state index contributed by atoms with van der Waals surface area (Å²) in [7, 11) is 0.0678. The molecule has 0 fully saturated rings. The Labute approximate surface area is 68.9 Å². The number of esters is 1. The van der Waals surface area contributed by atoms with E-state index in [1.807, 2.05) is 0 Å². The zero-order chi connectivity index (χ0) is 8.91. The van der Waals surface area contributed by atoms with E-state index in [9.17, 15) is 4.79 Å². The van der Waals surface area contributed by atoms with Crippen LogP contribution in [-0.2, 0) is 9.53 Å². The molecule has 0 radical (unpaired) electrons. The van der Waals surface area contributed by atoms with Crippen LogP contribution in [0.3, 0.4) is 0 Å². The Morgan fingerprint density at radius 1 is 1.45 bits per heavy atom. The van der Waals surface area contributed by atoms with Crippen molar-refractivity contribution in [2.45, 2.75) is 26.1 Å². The highest BCUT2D eigenvalue weighted by molar-refractivity contribution is 6.83. The molecule has 0 spiro atoms. The number of hydrogen-bond donors (Lipinski definition) is 0. The molecule has 11 heavy (non-hydrogen) atoms. The van der Waals surface area contributed by atoms with Crippen LogP contribution in [0.4, 0.5) is 0 Å². The molecule has 0 rings (SSSR count). The molecule has 2 nitrogen and oxygen atoms in total. The highest BCUT2D eigenvalue weighted by atomic mass is 28.3. The molecule has 0 aromatic rings. The van der Waals surface area contributed by atoms with Crippen LogP contribution in [0.1, 0.15) is 6.42 Å². The average Bonchev–Trinajstić information content (AvgIpc) is 1.85. The lowest BCUT2D eigenvalue weighted by Crippen LogP contribution is -2.16. The van der Waals surface area contributed by atoms with Gasteiger partial charge in [-0.25, -0.2) is 0 Å². The van der Waals surface area contributed by atoms with E-state index in [0.717, 1.165) is 0 Å². The molecule has 0 aliphatic heterocycles. The van der Waals surface area contributed by atoms with Crippen molar-refractivity contribution in [3.8, 4) is 11.5 Å². The second-order valence-corrected chi connectivity index (χ2v) is 8.05. The molecule has 0 amide bonds. The third kappa shape index (κ3) is 7.14. The largest absolute Gasteiger partial charge is 0.468 e. The first-order chi connectivity index (χ1) is 4.95. The fourth-order valence-corrected chi connectivity index (χ4v) is 1.07. The molecule has 0 aliphatic carbocycles. The van der Waals surface area contributed by atoms with Crippen LogP contribution < -0.4 is 0 Å². The first kappa shape index (κ1) is 10.2. The van der Waals surface area contributed by atoms with E-state index < -0.39 is 8.07 Å². The minimum atomic E-state index is -1.31. The van der Waals surface area contributed by atoms with Crippen LogP contribution in [-0.4, -0.2) is 21.2 Å². The lowest BCUT2D eigenvalue weighted by atomic mass is 10.5. The van der Waals surface area contributed by atoms with Crippen LogP contribution in [0.5, 0.6) is 0 Å². The molecule has 0 saturated heterocycles. The summed E-state index contributed by atoms with van der Waals surface area (Å²) in [5.74, 6) is 2.56. The number of ether oxygens (including phenoxy) is 1. The SMILES string of the molecule is COC(=O)CC#C[Si](C)(C)C. The molecular formula is C8H14O2Si. The van der Waals surface area contributed by atoms with Crippen LogP contribution in [0, 0.1) is 11.5 Å². The van der Waals surface area contributed by atoms with Gasteiger partial charge < -0.3 is 4.74 Å². The topological polar surface area (TPSA) is 26.3 Å². The molecule has 0 atom stereocenters. The number of carbonyl (C=O) groups excluding carboxylic acids is 1. The van der Waals surface area contributed by atoms with E-state index in [1.54, 1.807) is 0 Å². The van der Waals surface area contributed by atoms with Gasteiger partial charge in [-0.1, -0.05) is 25.6 Å². The van der Waals surface area contributed by atoms with Gasteiger partial charge in [0.1, 0.15) is 14.5 Å². The van der Waals surface area contributed by atoms with Crippen molar-refractivity contribution in [2.75, 3.05) is 7.11 Å². The fourth-order valence-electron chi connectivity index (χ4n) is 0.454. The van der Waals surface area contributed by atoms with E-state index >= 15 is 0 Å². The van der Waals surface area contributed by atoms with Crippen molar-refractivity contribution in [3.63, 3.8) is 0 Å². The number of methoxy groups -OCH3 is 1. The highest BCUT2D eigenvalue weighted by Gasteiger charge is 2.07. The molecule has 0 heterocycles.